The van der Waals surface area contributed by atoms with E-state index in [0.717, 1.165) is 28.0 Å². The number of halogens is 2. The van der Waals surface area contributed by atoms with Crippen molar-refractivity contribution < 1.29 is 22.7 Å². The average molecular weight is 552 g/mol. The summed E-state index contributed by atoms with van der Waals surface area (Å²) in [4.78, 5) is 16.4. The Morgan fingerprint density at radius 2 is 1.89 bits per heavy atom. The summed E-state index contributed by atoms with van der Waals surface area (Å²) >= 11 is 6.62. The Labute approximate surface area is 219 Å². The first-order valence-electron chi connectivity index (χ1n) is 11.4. The summed E-state index contributed by atoms with van der Waals surface area (Å²) in [5.74, 6) is -3.70. The van der Waals surface area contributed by atoms with Crippen LogP contribution in [0.5, 0.6) is 0 Å². The summed E-state index contributed by atoms with van der Waals surface area (Å²) in [6, 6.07) is 17.8. The number of anilines is 1. The maximum absolute atomic E-state index is 15.7. The van der Waals surface area contributed by atoms with Crippen molar-refractivity contribution in [2.75, 3.05) is 31.6 Å². The van der Waals surface area contributed by atoms with Gasteiger partial charge in [0.2, 0.25) is 0 Å². The lowest BCUT2D eigenvalue weighted by molar-refractivity contribution is -0.133. The molecule has 0 bridgehead atoms. The smallest absolute Gasteiger partial charge is 0.280 e. The number of sulfonamides is 1. The molecule has 2 N–H and O–H groups in total. The second-order valence-electron chi connectivity index (χ2n) is 8.69. The molecule has 1 saturated heterocycles. The van der Waals surface area contributed by atoms with Gasteiger partial charge < -0.3 is 10.0 Å². The van der Waals surface area contributed by atoms with Crippen LogP contribution in [-0.2, 0) is 21.4 Å². The van der Waals surface area contributed by atoms with Crippen molar-refractivity contribution in [3.63, 3.8) is 0 Å². The number of aliphatic hydroxyl groups excluding tert-OH is 1. The molecular weight excluding hydrogens is 525 g/mol. The fraction of sp³-hybridized carbons (Fsp3) is 0.320. The van der Waals surface area contributed by atoms with E-state index in [1.165, 1.54) is 17.0 Å². The highest BCUT2D eigenvalue weighted by Gasteiger charge is 2.48. The zero-order valence-electron chi connectivity index (χ0n) is 19.7. The molecule has 0 radical (unpaired) electrons. The van der Waals surface area contributed by atoms with Crippen LogP contribution in [0.25, 0.3) is 11.1 Å². The average Bonchev–Trinajstić information content (AvgIpc) is 3.29. The third-order valence-electron chi connectivity index (χ3n) is 6.03. The number of hydrogen-bond acceptors (Lipinski definition) is 6. The normalized spacial score (nSPS) is 18.7. The third kappa shape index (κ3) is 5.80. The van der Waals surface area contributed by atoms with Crippen molar-refractivity contribution in [1.29, 1.82) is 0 Å². The van der Waals surface area contributed by atoms with E-state index in [1.54, 1.807) is 12.1 Å². The molecule has 1 aromatic heterocycles. The Hall–Kier alpha value is -2.34. The highest BCUT2D eigenvalue weighted by Crippen LogP contribution is 2.33. The van der Waals surface area contributed by atoms with Gasteiger partial charge in [-0.2, -0.15) is 4.72 Å². The number of alkyl halides is 1. The van der Waals surface area contributed by atoms with Crippen molar-refractivity contribution in [3.05, 3.63) is 70.6 Å². The molecule has 3 aromatic rings. The number of aliphatic hydroxyl groups is 1. The standard InChI is InChI=1S/C25H27ClFN3O4S2/c1-29(15-16-31)17-19-5-2-3-6-21(19)18-7-9-20(10-8-18)30-14-4-13-25(27,24(30)32)28-36(33,34)23-12-11-22(26)35-23/h2-3,5-12,28,31H,4,13-17H2,1H3. The topological polar surface area (TPSA) is 89.9 Å². The molecule has 0 saturated carbocycles. The number of carbonyl (C=O) groups is 1. The van der Waals surface area contributed by atoms with Gasteiger partial charge in [0.1, 0.15) is 4.21 Å². The summed E-state index contributed by atoms with van der Waals surface area (Å²) in [6.45, 7) is 1.56. The quantitative estimate of drug-likeness (QED) is 0.388. The van der Waals surface area contributed by atoms with Gasteiger partial charge in [0.15, 0.2) is 0 Å². The van der Waals surface area contributed by atoms with Gasteiger partial charge in [-0.3, -0.25) is 9.69 Å². The summed E-state index contributed by atoms with van der Waals surface area (Å²) in [5, 5.41) is 9.19. The molecule has 1 fully saturated rings. The number of benzene rings is 2. The second kappa shape index (κ2) is 11.0. The Balaban J connectivity index is 1.54. The van der Waals surface area contributed by atoms with Crippen LogP contribution in [0, 0.1) is 0 Å². The number of amides is 1. The Kier molecular flexibility index (Phi) is 8.13. The van der Waals surface area contributed by atoms with Crippen LogP contribution in [0.2, 0.25) is 4.34 Å². The van der Waals surface area contributed by atoms with E-state index < -0.39 is 21.7 Å². The summed E-state index contributed by atoms with van der Waals surface area (Å²) in [5.41, 5.74) is 3.51. The minimum absolute atomic E-state index is 0.0739. The number of thiophene rings is 1. The van der Waals surface area contributed by atoms with Gasteiger partial charge in [0.25, 0.3) is 21.7 Å². The van der Waals surface area contributed by atoms with Crippen LogP contribution in [0.1, 0.15) is 18.4 Å². The van der Waals surface area contributed by atoms with Gasteiger partial charge in [-0.1, -0.05) is 48.0 Å². The number of likely N-dealkylation sites (N-methyl/N-ethyl adjacent to an activating group) is 1. The minimum Gasteiger partial charge on any atom is -0.395 e. The number of nitrogens with zero attached hydrogens (tertiary/aromatic N) is 2. The molecule has 7 nitrogen and oxygen atoms in total. The molecule has 192 valence electrons. The highest BCUT2D eigenvalue weighted by molar-refractivity contribution is 7.91. The van der Waals surface area contributed by atoms with Gasteiger partial charge >= 0.3 is 0 Å². The molecule has 1 aliphatic rings. The fourth-order valence-electron chi connectivity index (χ4n) is 4.25. The Morgan fingerprint density at radius 3 is 2.56 bits per heavy atom. The predicted molar refractivity (Wildman–Crippen MR) is 140 cm³/mol. The van der Waals surface area contributed by atoms with Gasteiger partial charge in [0.05, 0.1) is 10.9 Å². The van der Waals surface area contributed by atoms with Crippen molar-refractivity contribution in [2.45, 2.75) is 29.4 Å². The van der Waals surface area contributed by atoms with Gasteiger partial charge in [0, 0.05) is 31.7 Å². The van der Waals surface area contributed by atoms with Crippen LogP contribution in [0.3, 0.4) is 0 Å². The number of rotatable bonds is 9. The maximum atomic E-state index is 15.7. The van der Waals surface area contributed by atoms with E-state index in [2.05, 4.69) is 0 Å². The molecule has 1 unspecified atom stereocenters. The maximum Gasteiger partial charge on any atom is 0.280 e. The summed E-state index contributed by atoms with van der Waals surface area (Å²) < 4.78 is 43.1. The van der Waals surface area contributed by atoms with Crippen molar-refractivity contribution in [1.82, 2.24) is 9.62 Å². The predicted octanol–water partition coefficient (Wildman–Crippen LogP) is 4.26. The zero-order chi connectivity index (χ0) is 25.9. The van der Waals surface area contributed by atoms with E-state index in [9.17, 15) is 18.3 Å². The molecule has 2 aromatic carbocycles. The van der Waals surface area contributed by atoms with Crippen molar-refractivity contribution in [3.8, 4) is 11.1 Å². The fourth-order valence-corrected chi connectivity index (χ4v) is 6.96. The Bertz CT molecular complexity index is 1330. The number of nitrogens with one attached hydrogen (secondary N) is 1. The van der Waals surface area contributed by atoms with Crippen LogP contribution in [0.15, 0.2) is 64.9 Å². The van der Waals surface area contributed by atoms with Crippen LogP contribution in [0.4, 0.5) is 10.1 Å². The third-order valence-corrected chi connectivity index (χ3v) is 9.22. The Morgan fingerprint density at radius 1 is 1.17 bits per heavy atom. The molecule has 36 heavy (non-hydrogen) atoms. The number of carbonyl (C=O) groups excluding carboxylic acids is 1. The molecule has 4 rings (SSSR count). The van der Waals surface area contributed by atoms with Crippen LogP contribution >= 0.6 is 22.9 Å². The van der Waals surface area contributed by atoms with E-state index in [4.69, 9.17) is 11.6 Å². The number of hydrogen-bond donors (Lipinski definition) is 2. The van der Waals surface area contributed by atoms with Crippen LogP contribution < -0.4 is 9.62 Å². The van der Waals surface area contributed by atoms with E-state index in [-0.39, 0.29) is 34.5 Å². The molecule has 11 heteroatoms. The van der Waals surface area contributed by atoms with E-state index >= 15 is 4.39 Å². The monoisotopic (exact) mass is 551 g/mol. The highest BCUT2D eigenvalue weighted by atomic mass is 35.5. The largest absolute Gasteiger partial charge is 0.395 e. The van der Waals surface area contributed by atoms with Crippen molar-refractivity contribution in [2.24, 2.45) is 0 Å². The SMILES string of the molecule is CN(CCO)Cc1ccccc1-c1ccc(N2CCCC(F)(NS(=O)(=O)c3ccc(Cl)s3)C2=O)cc1. The lowest BCUT2D eigenvalue weighted by Crippen LogP contribution is -2.60. The first kappa shape index (κ1) is 26.7. The molecule has 2 heterocycles. The molecule has 1 atom stereocenters. The molecule has 0 spiro atoms. The lowest BCUT2D eigenvalue weighted by atomic mass is 9.98. The summed E-state index contributed by atoms with van der Waals surface area (Å²) in [7, 11) is -2.32. The van der Waals surface area contributed by atoms with Gasteiger partial charge in [-0.15, -0.1) is 11.3 Å². The molecule has 0 aliphatic carbocycles. The molecule has 1 aliphatic heterocycles. The molecule has 1 amide bonds. The zero-order valence-corrected chi connectivity index (χ0v) is 22.0. The van der Waals surface area contributed by atoms with Crippen LogP contribution in [-0.4, -0.2) is 56.9 Å². The van der Waals surface area contributed by atoms with E-state index in [1.807, 2.05) is 53.1 Å². The first-order chi connectivity index (χ1) is 17.1. The first-order valence-corrected chi connectivity index (χ1v) is 14.1. The minimum atomic E-state index is -4.26. The lowest BCUT2D eigenvalue weighted by Gasteiger charge is -2.36. The molecular formula is C25H27ClFN3O4S2. The van der Waals surface area contributed by atoms with Gasteiger partial charge in [-0.25, -0.2) is 12.8 Å². The van der Waals surface area contributed by atoms with E-state index in [0.29, 0.717) is 18.8 Å². The van der Waals surface area contributed by atoms with Crippen molar-refractivity contribution >= 4 is 44.6 Å². The second-order valence-corrected chi connectivity index (χ2v) is 12.3. The van der Waals surface area contributed by atoms with Gasteiger partial charge in [-0.05, 0) is 54.4 Å². The summed E-state index contributed by atoms with van der Waals surface area (Å²) in [6.07, 6.45) is 0.0330. The number of piperidine rings is 1.